The van der Waals surface area contributed by atoms with E-state index in [4.69, 9.17) is 40.5 Å². The first-order chi connectivity index (χ1) is 9.86. The van der Waals surface area contributed by atoms with E-state index in [1.54, 1.807) is 24.3 Å². The Balaban J connectivity index is 2.21. The van der Waals surface area contributed by atoms with Gasteiger partial charge in [0, 0.05) is 16.6 Å². The van der Waals surface area contributed by atoms with Crippen LogP contribution >= 0.6 is 47.2 Å². The minimum absolute atomic E-state index is 0.0631. The zero-order valence-electron chi connectivity index (χ0n) is 10.5. The summed E-state index contributed by atoms with van der Waals surface area (Å²) in [4.78, 5) is 24.5. The van der Waals surface area contributed by atoms with Crippen molar-refractivity contribution in [1.82, 2.24) is 4.90 Å². The summed E-state index contributed by atoms with van der Waals surface area (Å²) in [6, 6.07) is 4.95. The van der Waals surface area contributed by atoms with Crippen molar-refractivity contribution in [2.75, 3.05) is 6.54 Å². The van der Waals surface area contributed by atoms with Crippen molar-refractivity contribution in [3.63, 3.8) is 0 Å². The SMILES string of the molecule is O=C(O)CCN1C(=O)/C(=C/c2cc(Cl)cc(Cl)c2)SC1=S. The van der Waals surface area contributed by atoms with Gasteiger partial charge in [0.15, 0.2) is 0 Å². The van der Waals surface area contributed by atoms with E-state index < -0.39 is 5.97 Å². The van der Waals surface area contributed by atoms with Gasteiger partial charge >= 0.3 is 5.97 Å². The number of carbonyl (C=O) groups excluding carboxylic acids is 1. The molecule has 0 saturated carbocycles. The van der Waals surface area contributed by atoms with Crippen molar-refractivity contribution in [3.05, 3.63) is 38.7 Å². The van der Waals surface area contributed by atoms with Gasteiger partial charge in [0.05, 0.1) is 11.3 Å². The fraction of sp³-hybridized carbons (Fsp3) is 0.154. The highest BCUT2D eigenvalue weighted by Gasteiger charge is 2.32. The second-order valence-electron chi connectivity index (χ2n) is 4.18. The van der Waals surface area contributed by atoms with Crippen molar-refractivity contribution in [2.24, 2.45) is 0 Å². The average Bonchev–Trinajstić information content (AvgIpc) is 2.61. The molecule has 1 heterocycles. The standard InChI is InChI=1S/C13H9Cl2NO3S2/c14-8-3-7(4-9(15)6-8)5-10-12(19)16(13(20)21-10)2-1-11(17)18/h3-6H,1-2H2,(H,17,18)/b10-5-. The summed E-state index contributed by atoms with van der Waals surface area (Å²) >= 11 is 18.0. The number of benzene rings is 1. The van der Waals surface area contributed by atoms with E-state index >= 15 is 0 Å². The molecule has 110 valence electrons. The number of carbonyl (C=O) groups is 2. The Labute approximate surface area is 140 Å². The van der Waals surface area contributed by atoms with E-state index in [0.717, 1.165) is 11.8 Å². The third-order valence-corrected chi connectivity index (χ3v) is 4.42. The van der Waals surface area contributed by atoms with Crippen LogP contribution in [0.15, 0.2) is 23.1 Å². The summed E-state index contributed by atoms with van der Waals surface area (Å²) < 4.78 is 0.348. The largest absolute Gasteiger partial charge is 0.481 e. The molecule has 1 saturated heterocycles. The molecule has 2 rings (SSSR count). The third-order valence-electron chi connectivity index (χ3n) is 2.61. The summed E-state index contributed by atoms with van der Waals surface area (Å²) in [5, 5.41) is 9.61. The van der Waals surface area contributed by atoms with Gasteiger partial charge in [-0.1, -0.05) is 47.2 Å². The Morgan fingerprint density at radius 1 is 1.33 bits per heavy atom. The van der Waals surface area contributed by atoms with E-state index in [1.165, 1.54) is 4.90 Å². The van der Waals surface area contributed by atoms with Crippen molar-refractivity contribution >= 4 is 69.5 Å². The lowest BCUT2D eigenvalue weighted by atomic mass is 10.2. The van der Waals surface area contributed by atoms with Crippen molar-refractivity contribution in [2.45, 2.75) is 6.42 Å². The lowest BCUT2D eigenvalue weighted by Crippen LogP contribution is -2.30. The highest BCUT2D eigenvalue weighted by Crippen LogP contribution is 2.33. The Kier molecular flexibility index (Phi) is 5.27. The molecule has 0 bridgehead atoms. The van der Waals surface area contributed by atoms with E-state index in [9.17, 15) is 9.59 Å². The second kappa shape index (κ2) is 6.79. The second-order valence-corrected chi connectivity index (χ2v) is 6.73. The van der Waals surface area contributed by atoms with Crippen LogP contribution in [0.4, 0.5) is 0 Å². The molecule has 1 fully saturated rings. The number of hydrogen-bond donors (Lipinski definition) is 1. The maximum absolute atomic E-state index is 12.2. The molecule has 1 aromatic rings. The summed E-state index contributed by atoms with van der Waals surface area (Å²) in [5.74, 6) is -1.28. The smallest absolute Gasteiger partial charge is 0.305 e. The first-order valence-corrected chi connectivity index (χ1v) is 7.78. The Hall–Kier alpha value is -1.08. The Morgan fingerprint density at radius 2 is 1.95 bits per heavy atom. The molecule has 1 aromatic carbocycles. The predicted octanol–water partition coefficient (Wildman–Crippen LogP) is 3.67. The molecule has 1 amide bonds. The van der Waals surface area contributed by atoms with E-state index in [-0.39, 0.29) is 18.9 Å². The van der Waals surface area contributed by atoms with Gasteiger partial charge in [0.2, 0.25) is 0 Å². The number of nitrogens with zero attached hydrogens (tertiary/aromatic N) is 1. The molecular formula is C13H9Cl2NO3S2. The molecular weight excluding hydrogens is 353 g/mol. The molecule has 0 atom stereocenters. The maximum Gasteiger partial charge on any atom is 0.305 e. The highest BCUT2D eigenvalue weighted by molar-refractivity contribution is 8.26. The summed E-state index contributed by atoms with van der Waals surface area (Å²) in [6.07, 6.45) is 1.49. The van der Waals surface area contributed by atoms with Crippen LogP contribution in [0.1, 0.15) is 12.0 Å². The lowest BCUT2D eigenvalue weighted by molar-refractivity contribution is -0.137. The van der Waals surface area contributed by atoms with Gasteiger partial charge < -0.3 is 5.11 Å². The van der Waals surface area contributed by atoms with Gasteiger partial charge in [-0.05, 0) is 29.8 Å². The van der Waals surface area contributed by atoms with Crippen molar-refractivity contribution in [3.8, 4) is 0 Å². The van der Waals surface area contributed by atoms with E-state index in [0.29, 0.717) is 24.8 Å². The van der Waals surface area contributed by atoms with Gasteiger partial charge in [-0.15, -0.1) is 0 Å². The minimum Gasteiger partial charge on any atom is -0.481 e. The van der Waals surface area contributed by atoms with E-state index in [1.807, 2.05) is 0 Å². The minimum atomic E-state index is -0.977. The monoisotopic (exact) mass is 361 g/mol. The zero-order chi connectivity index (χ0) is 15.6. The molecule has 1 aliphatic rings. The number of carboxylic acid groups (broad SMARTS) is 1. The first-order valence-electron chi connectivity index (χ1n) is 5.80. The van der Waals surface area contributed by atoms with Crippen LogP contribution in [0.2, 0.25) is 10.0 Å². The number of thioether (sulfide) groups is 1. The lowest BCUT2D eigenvalue weighted by Gasteiger charge is -2.12. The molecule has 0 aromatic heterocycles. The van der Waals surface area contributed by atoms with Gasteiger partial charge in [-0.2, -0.15) is 0 Å². The summed E-state index contributed by atoms with van der Waals surface area (Å²) in [7, 11) is 0. The summed E-state index contributed by atoms with van der Waals surface area (Å²) in [5.41, 5.74) is 0.686. The van der Waals surface area contributed by atoms with Gasteiger partial charge in [-0.25, -0.2) is 0 Å². The van der Waals surface area contributed by atoms with Crippen LogP contribution in [-0.4, -0.2) is 32.7 Å². The molecule has 1 aliphatic heterocycles. The number of hydrogen-bond acceptors (Lipinski definition) is 4. The van der Waals surface area contributed by atoms with Gasteiger partial charge in [0.25, 0.3) is 5.91 Å². The van der Waals surface area contributed by atoms with Crippen molar-refractivity contribution in [1.29, 1.82) is 0 Å². The molecule has 21 heavy (non-hydrogen) atoms. The van der Waals surface area contributed by atoms with Crippen LogP contribution in [-0.2, 0) is 9.59 Å². The highest BCUT2D eigenvalue weighted by atomic mass is 35.5. The van der Waals surface area contributed by atoms with Crippen molar-refractivity contribution < 1.29 is 14.7 Å². The molecule has 0 spiro atoms. The number of rotatable bonds is 4. The molecule has 8 heteroatoms. The predicted molar refractivity (Wildman–Crippen MR) is 88.6 cm³/mol. The number of aliphatic carboxylic acids is 1. The normalized spacial score (nSPS) is 16.9. The number of carboxylic acids is 1. The van der Waals surface area contributed by atoms with Gasteiger partial charge in [0.1, 0.15) is 4.32 Å². The van der Waals surface area contributed by atoms with Gasteiger partial charge in [-0.3, -0.25) is 14.5 Å². The van der Waals surface area contributed by atoms with Crippen LogP contribution in [0.3, 0.4) is 0 Å². The molecule has 0 aliphatic carbocycles. The fourth-order valence-corrected chi connectivity index (χ4v) is 3.56. The first kappa shape index (κ1) is 16.3. The number of amides is 1. The summed E-state index contributed by atoms with van der Waals surface area (Å²) in [6.45, 7) is 0.0631. The maximum atomic E-state index is 12.2. The Morgan fingerprint density at radius 3 is 2.52 bits per heavy atom. The number of thiocarbonyl (C=S) groups is 1. The molecule has 1 N–H and O–H groups in total. The molecule has 0 radical (unpaired) electrons. The fourth-order valence-electron chi connectivity index (χ4n) is 1.71. The van der Waals surface area contributed by atoms with Crippen LogP contribution in [0, 0.1) is 0 Å². The van der Waals surface area contributed by atoms with Crippen LogP contribution in [0.25, 0.3) is 6.08 Å². The Bertz CT molecular complexity index is 641. The molecule has 0 unspecified atom stereocenters. The average molecular weight is 362 g/mol. The zero-order valence-corrected chi connectivity index (χ0v) is 13.7. The third kappa shape index (κ3) is 4.20. The molecule has 4 nitrogen and oxygen atoms in total. The van der Waals surface area contributed by atoms with Crippen LogP contribution in [0.5, 0.6) is 0 Å². The van der Waals surface area contributed by atoms with E-state index in [2.05, 4.69) is 0 Å². The number of halogens is 2. The van der Waals surface area contributed by atoms with Crippen LogP contribution < -0.4 is 0 Å². The quantitative estimate of drug-likeness (QED) is 0.654. The topological polar surface area (TPSA) is 57.6 Å².